The Balaban J connectivity index is 1.47. The molecule has 16 heteroatoms. The van der Waals surface area contributed by atoms with E-state index in [9.17, 15) is 19.3 Å². The summed E-state index contributed by atoms with van der Waals surface area (Å²) >= 11 is 0. The molecule has 0 spiro atoms. The van der Waals surface area contributed by atoms with E-state index in [-0.39, 0.29) is 23.7 Å². The predicted octanol–water partition coefficient (Wildman–Crippen LogP) is 2.78. The SMILES string of the molecule is CC(C)Nc1ccn([C@@H]2O[C@H](COP(=O)(NC(C)C(=O)OC3CCN(C)CC3)Oc3ccccc3)[C@@H](O)C2(F)F)c(=O)n1. The summed E-state index contributed by atoms with van der Waals surface area (Å²) in [4.78, 5) is 31.2. The maximum atomic E-state index is 15.1. The summed E-state index contributed by atoms with van der Waals surface area (Å²) in [6, 6.07) is 8.00. The Morgan fingerprint density at radius 3 is 2.51 bits per heavy atom. The third kappa shape index (κ3) is 8.37. The molecule has 3 N–H and O–H groups in total. The van der Waals surface area contributed by atoms with Crippen LogP contribution in [-0.2, 0) is 23.4 Å². The lowest BCUT2D eigenvalue weighted by Gasteiger charge is -2.30. The number of hydrogen-bond donors (Lipinski definition) is 3. The molecule has 13 nitrogen and oxygen atoms in total. The van der Waals surface area contributed by atoms with Crippen LogP contribution in [0.2, 0.25) is 0 Å². The molecule has 3 heterocycles. The van der Waals surface area contributed by atoms with Crippen molar-refractivity contribution in [3.05, 3.63) is 53.1 Å². The molecular weight excluding hydrogens is 591 g/mol. The molecule has 0 radical (unpaired) electrons. The Morgan fingerprint density at radius 2 is 1.88 bits per heavy atom. The summed E-state index contributed by atoms with van der Waals surface area (Å²) in [5, 5.41) is 15.8. The van der Waals surface area contributed by atoms with Crippen molar-refractivity contribution in [1.82, 2.24) is 19.5 Å². The standard InChI is InChI=1S/C27H38F2N5O8P/c1-17(2)30-22-12-15-34(26(37)31-22)25-27(28,29)23(35)21(41-25)16-39-43(38,42-20-8-6-5-7-9-20)32-18(3)24(36)40-19-10-13-33(4)14-11-19/h5-9,12,15,17-19,21,23,25,35H,10-11,13-14,16H2,1-4H3,(H,32,38)(H,30,31,37)/t18?,21-,23-,25-,43?/m1/s1. The van der Waals surface area contributed by atoms with Gasteiger partial charge in [-0.3, -0.25) is 13.9 Å². The Labute approximate surface area is 248 Å². The molecule has 238 valence electrons. The minimum absolute atomic E-state index is 0.0588. The number of benzene rings is 1. The number of aromatic nitrogens is 2. The van der Waals surface area contributed by atoms with Gasteiger partial charge in [-0.1, -0.05) is 18.2 Å². The molecule has 0 aliphatic carbocycles. The highest BCUT2D eigenvalue weighted by Gasteiger charge is 2.60. The molecule has 2 saturated heterocycles. The highest BCUT2D eigenvalue weighted by Crippen LogP contribution is 2.48. The number of likely N-dealkylation sites (tertiary alicyclic amines) is 1. The number of rotatable bonds is 12. The van der Waals surface area contributed by atoms with Gasteiger partial charge in [-0.2, -0.15) is 18.9 Å². The van der Waals surface area contributed by atoms with Crippen molar-refractivity contribution in [2.45, 2.75) is 76.2 Å². The lowest BCUT2D eigenvalue weighted by Crippen LogP contribution is -2.42. The van der Waals surface area contributed by atoms with E-state index in [2.05, 4.69) is 20.3 Å². The van der Waals surface area contributed by atoms with Gasteiger partial charge in [0.1, 0.15) is 29.8 Å². The average Bonchev–Trinajstić information content (AvgIpc) is 3.17. The van der Waals surface area contributed by atoms with Gasteiger partial charge in [-0.25, -0.2) is 9.36 Å². The first-order valence-corrected chi connectivity index (χ1v) is 15.5. The third-order valence-electron chi connectivity index (χ3n) is 6.93. The Morgan fingerprint density at radius 1 is 1.21 bits per heavy atom. The van der Waals surface area contributed by atoms with E-state index in [1.54, 1.807) is 18.2 Å². The number of aliphatic hydroxyl groups is 1. The van der Waals surface area contributed by atoms with E-state index in [0.717, 1.165) is 19.3 Å². The van der Waals surface area contributed by atoms with Gasteiger partial charge in [0.15, 0.2) is 6.10 Å². The van der Waals surface area contributed by atoms with Gasteiger partial charge in [0.25, 0.3) is 0 Å². The third-order valence-corrected chi connectivity index (χ3v) is 8.57. The van der Waals surface area contributed by atoms with Crippen molar-refractivity contribution in [1.29, 1.82) is 0 Å². The second-order valence-electron chi connectivity index (χ2n) is 10.9. The number of esters is 1. The van der Waals surface area contributed by atoms with Crippen molar-refractivity contribution in [3.63, 3.8) is 0 Å². The van der Waals surface area contributed by atoms with Crippen LogP contribution in [0, 0.1) is 0 Å². The van der Waals surface area contributed by atoms with Crippen molar-refractivity contribution in [2.24, 2.45) is 0 Å². The summed E-state index contributed by atoms with van der Waals surface area (Å²) in [6.07, 6.45) is -4.31. The van der Waals surface area contributed by atoms with Gasteiger partial charge >= 0.3 is 25.3 Å². The molecule has 2 fully saturated rings. The molecule has 2 aliphatic rings. The fourth-order valence-corrected chi connectivity index (χ4v) is 6.12. The molecule has 1 aromatic carbocycles. The molecule has 5 atom stereocenters. The zero-order valence-electron chi connectivity index (χ0n) is 24.4. The van der Waals surface area contributed by atoms with Gasteiger partial charge in [0.05, 0.1) is 6.61 Å². The Kier molecular flexibility index (Phi) is 10.6. The molecule has 0 bridgehead atoms. The summed E-state index contributed by atoms with van der Waals surface area (Å²) < 4.78 is 66.6. The minimum Gasteiger partial charge on any atom is -0.461 e. The molecule has 1 aromatic heterocycles. The number of carbonyl (C=O) groups excluding carboxylic acids is 1. The van der Waals surface area contributed by atoms with Crippen LogP contribution < -0.4 is 20.6 Å². The van der Waals surface area contributed by atoms with Crippen molar-refractivity contribution in [3.8, 4) is 5.75 Å². The number of alkyl halides is 2. The number of carbonyl (C=O) groups is 1. The van der Waals surface area contributed by atoms with E-state index < -0.39 is 56.4 Å². The molecule has 2 unspecified atom stereocenters. The van der Waals surface area contributed by atoms with Crippen LogP contribution in [0.3, 0.4) is 0 Å². The lowest BCUT2D eigenvalue weighted by molar-refractivity contribution is -0.152. The fraction of sp³-hybridized carbons (Fsp3) is 0.593. The predicted molar refractivity (Wildman–Crippen MR) is 152 cm³/mol. The first-order valence-electron chi connectivity index (χ1n) is 14.0. The number of para-hydroxylation sites is 1. The maximum absolute atomic E-state index is 15.1. The normalized spacial score (nSPS) is 24.8. The van der Waals surface area contributed by atoms with Crippen LogP contribution in [0.4, 0.5) is 14.6 Å². The summed E-state index contributed by atoms with van der Waals surface area (Å²) in [5.41, 5.74) is -1.03. The van der Waals surface area contributed by atoms with Gasteiger partial charge in [0.2, 0.25) is 6.23 Å². The number of aliphatic hydroxyl groups excluding tert-OH is 1. The number of halogens is 2. The lowest BCUT2D eigenvalue weighted by atomic mass is 10.1. The van der Waals surface area contributed by atoms with Crippen LogP contribution in [0.15, 0.2) is 47.4 Å². The van der Waals surface area contributed by atoms with E-state index in [4.69, 9.17) is 18.5 Å². The summed E-state index contributed by atoms with van der Waals surface area (Å²) in [7, 11) is -2.47. The van der Waals surface area contributed by atoms with Crippen molar-refractivity contribution < 1.29 is 41.8 Å². The molecule has 2 aromatic rings. The first kappa shape index (κ1) is 33.0. The highest BCUT2D eigenvalue weighted by molar-refractivity contribution is 7.52. The highest BCUT2D eigenvalue weighted by atomic mass is 31.2. The van der Waals surface area contributed by atoms with Gasteiger partial charge < -0.3 is 29.3 Å². The zero-order valence-corrected chi connectivity index (χ0v) is 25.3. The van der Waals surface area contributed by atoms with Crippen LogP contribution in [0.1, 0.15) is 39.8 Å². The largest absolute Gasteiger partial charge is 0.461 e. The van der Waals surface area contributed by atoms with E-state index in [1.807, 2.05) is 20.9 Å². The zero-order chi connectivity index (χ0) is 31.4. The van der Waals surface area contributed by atoms with Crippen LogP contribution in [-0.4, -0.2) is 88.6 Å². The quantitative estimate of drug-likeness (QED) is 0.234. The van der Waals surface area contributed by atoms with Gasteiger partial charge in [-0.15, -0.1) is 0 Å². The van der Waals surface area contributed by atoms with Crippen LogP contribution in [0.5, 0.6) is 5.75 Å². The van der Waals surface area contributed by atoms with Gasteiger partial charge in [0, 0.05) is 25.3 Å². The Hall–Kier alpha value is -2.94. The molecular formula is C27H38F2N5O8P. The second-order valence-corrected chi connectivity index (χ2v) is 12.6. The second kappa shape index (κ2) is 13.8. The van der Waals surface area contributed by atoms with E-state index in [1.165, 1.54) is 25.1 Å². The number of nitrogens with one attached hydrogen (secondary N) is 2. The van der Waals surface area contributed by atoms with E-state index >= 15 is 8.78 Å². The summed E-state index contributed by atoms with van der Waals surface area (Å²) in [5.74, 6) is -4.33. The fourth-order valence-electron chi connectivity index (χ4n) is 4.61. The van der Waals surface area contributed by atoms with Crippen LogP contribution >= 0.6 is 7.75 Å². The number of hydrogen-bond acceptors (Lipinski definition) is 11. The first-order chi connectivity index (χ1) is 20.3. The minimum atomic E-state index is -4.44. The molecule has 2 aliphatic heterocycles. The van der Waals surface area contributed by atoms with Crippen LogP contribution in [0.25, 0.3) is 0 Å². The molecule has 4 rings (SSSR count). The number of ether oxygens (including phenoxy) is 2. The summed E-state index contributed by atoms with van der Waals surface area (Å²) in [6.45, 7) is 5.72. The monoisotopic (exact) mass is 629 g/mol. The topological polar surface area (TPSA) is 153 Å². The molecule has 43 heavy (non-hydrogen) atoms. The van der Waals surface area contributed by atoms with Crippen molar-refractivity contribution in [2.75, 3.05) is 32.1 Å². The smallest absolute Gasteiger partial charge is 0.459 e. The van der Waals surface area contributed by atoms with Crippen molar-refractivity contribution >= 4 is 19.5 Å². The molecule has 0 amide bonds. The number of nitrogens with zero attached hydrogens (tertiary/aromatic N) is 3. The number of anilines is 1. The van der Waals surface area contributed by atoms with Gasteiger partial charge in [-0.05, 0) is 58.9 Å². The Bertz CT molecular complexity index is 1340. The average molecular weight is 630 g/mol. The van der Waals surface area contributed by atoms with E-state index in [0.29, 0.717) is 17.4 Å². The molecule has 0 saturated carbocycles. The maximum Gasteiger partial charge on any atom is 0.459 e. The number of piperidine rings is 1.